The van der Waals surface area contributed by atoms with Gasteiger partial charge in [-0.1, -0.05) is 0 Å². The molecule has 1 heterocycles. The lowest BCUT2D eigenvalue weighted by atomic mass is 10.1. The summed E-state index contributed by atoms with van der Waals surface area (Å²) < 4.78 is 7.31. The highest BCUT2D eigenvalue weighted by molar-refractivity contribution is 14.1. The molecule has 86 valence electrons. The van der Waals surface area contributed by atoms with E-state index < -0.39 is 0 Å². The van der Waals surface area contributed by atoms with Crippen molar-refractivity contribution in [2.45, 2.75) is 6.42 Å². The average Bonchev–Trinajstić information content (AvgIpc) is 2.77. The smallest absolute Gasteiger partial charge is 0.229 e. The molecule has 0 saturated carbocycles. The summed E-state index contributed by atoms with van der Waals surface area (Å²) in [4.78, 5) is 11.8. The minimum Gasteiger partial charge on any atom is -0.381 e. The van der Waals surface area contributed by atoms with Crippen LogP contribution in [-0.4, -0.2) is 19.1 Å². The number of hydrogen-bond donors (Lipinski definition) is 1. The Bertz CT molecular complexity index is 405. The number of halogens is 2. The molecule has 0 spiro atoms. The zero-order chi connectivity index (χ0) is 11.5. The van der Waals surface area contributed by atoms with Gasteiger partial charge in [0, 0.05) is 20.3 Å². The highest BCUT2D eigenvalue weighted by atomic mass is 127. The summed E-state index contributed by atoms with van der Waals surface area (Å²) >= 11 is 5.67. The Morgan fingerprint density at radius 1 is 1.56 bits per heavy atom. The number of anilines is 1. The van der Waals surface area contributed by atoms with Crippen LogP contribution in [0.25, 0.3) is 0 Å². The number of carbonyl (C=O) groups is 1. The van der Waals surface area contributed by atoms with E-state index in [0.717, 1.165) is 20.2 Å². The monoisotopic (exact) mass is 395 g/mol. The molecule has 1 aromatic carbocycles. The lowest BCUT2D eigenvalue weighted by molar-refractivity contribution is -0.119. The Balaban J connectivity index is 2.02. The molecule has 1 aliphatic heterocycles. The first kappa shape index (κ1) is 12.3. The van der Waals surface area contributed by atoms with Gasteiger partial charge < -0.3 is 10.1 Å². The van der Waals surface area contributed by atoms with Gasteiger partial charge in [0.1, 0.15) is 0 Å². The van der Waals surface area contributed by atoms with Gasteiger partial charge in [0.05, 0.1) is 12.5 Å². The molecular weight excluding hydrogens is 385 g/mol. The lowest BCUT2D eigenvalue weighted by Crippen LogP contribution is -2.22. The molecule has 0 bridgehead atoms. The molecule has 1 aliphatic rings. The Morgan fingerprint density at radius 2 is 2.38 bits per heavy atom. The quantitative estimate of drug-likeness (QED) is 0.781. The molecule has 1 N–H and O–H groups in total. The molecule has 1 atom stereocenters. The van der Waals surface area contributed by atoms with Crippen LogP contribution in [-0.2, 0) is 9.53 Å². The van der Waals surface area contributed by atoms with Crippen LogP contribution in [0, 0.1) is 9.49 Å². The lowest BCUT2D eigenvalue weighted by Gasteiger charge is -2.09. The van der Waals surface area contributed by atoms with E-state index in [-0.39, 0.29) is 11.8 Å². The second-order valence-electron chi connectivity index (χ2n) is 3.68. The predicted molar refractivity (Wildman–Crippen MR) is 74.4 cm³/mol. The number of rotatable bonds is 2. The van der Waals surface area contributed by atoms with Gasteiger partial charge in [-0.25, -0.2) is 0 Å². The summed E-state index contributed by atoms with van der Waals surface area (Å²) in [6.45, 7) is 1.23. The first-order valence-electron chi connectivity index (χ1n) is 5.00. The van der Waals surface area contributed by atoms with E-state index in [2.05, 4.69) is 43.8 Å². The standard InChI is InChI=1S/C11H11BrINO2/c12-9-5-8(1-2-10(9)13)14-11(15)7-3-4-16-6-7/h1-2,5,7H,3-4,6H2,(H,14,15). The maximum Gasteiger partial charge on any atom is 0.229 e. The van der Waals surface area contributed by atoms with Crippen LogP contribution in [0.2, 0.25) is 0 Å². The molecule has 0 aliphatic carbocycles. The Morgan fingerprint density at radius 3 is 3.00 bits per heavy atom. The van der Waals surface area contributed by atoms with Crippen LogP contribution >= 0.6 is 38.5 Å². The Hall–Kier alpha value is -0.140. The summed E-state index contributed by atoms with van der Waals surface area (Å²) in [6, 6.07) is 5.78. The maximum absolute atomic E-state index is 11.8. The number of benzene rings is 1. The van der Waals surface area contributed by atoms with Crippen molar-refractivity contribution in [3.8, 4) is 0 Å². The number of amides is 1. The number of hydrogen-bond acceptors (Lipinski definition) is 2. The molecular formula is C11H11BrINO2. The van der Waals surface area contributed by atoms with Gasteiger partial charge in [-0.05, 0) is 63.1 Å². The van der Waals surface area contributed by atoms with Gasteiger partial charge in [0.2, 0.25) is 5.91 Å². The van der Waals surface area contributed by atoms with Gasteiger partial charge in [-0.15, -0.1) is 0 Å². The van der Waals surface area contributed by atoms with Crippen molar-refractivity contribution in [1.29, 1.82) is 0 Å². The molecule has 1 unspecified atom stereocenters. The van der Waals surface area contributed by atoms with E-state index in [9.17, 15) is 4.79 Å². The molecule has 5 heteroatoms. The van der Waals surface area contributed by atoms with Crippen LogP contribution in [0.15, 0.2) is 22.7 Å². The van der Waals surface area contributed by atoms with Gasteiger partial charge >= 0.3 is 0 Å². The summed E-state index contributed by atoms with van der Waals surface area (Å²) in [6.07, 6.45) is 0.817. The number of nitrogens with one attached hydrogen (secondary N) is 1. The van der Waals surface area contributed by atoms with Crippen LogP contribution < -0.4 is 5.32 Å². The zero-order valence-electron chi connectivity index (χ0n) is 8.50. The molecule has 1 aromatic rings. The third kappa shape index (κ3) is 2.95. The van der Waals surface area contributed by atoms with Crippen molar-refractivity contribution in [3.05, 3.63) is 26.2 Å². The van der Waals surface area contributed by atoms with Gasteiger partial charge in [-0.2, -0.15) is 0 Å². The van der Waals surface area contributed by atoms with Crippen molar-refractivity contribution >= 4 is 50.1 Å². The van der Waals surface area contributed by atoms with E-state index in [1.54, 1.807) is 0 Å². The predicted octanol–water partition coefficient (Wildman–Crippen LogP) is 3.03. The number of carbonyl (C=O) groups excluding carboxylic acids is 1. The SMILES string of the molecule is O=C(Nc1ccc(I)c(Br)c1)C1CCOC1. The number of ether oxygens (including phenoxy) is 1. The highest BCUT2D eigenvalue weighted by Crippen LogP contribution is 2.23. The van der Waals surface area contributed by atoms with E-state index in [4.69, 9.17) is 4.74 Å². The summed E-state index contributed by atoms with van der Waals surface area (Å²) in [7, 11) is 0. The molecule has 2 rings (SSSR count). The zero-order valence-corrected chi connectivity index (χ0v) is 12.2. The normalized spacial score (nSPS) is 19.8. The summed E-state index contributed by atoms with van der Waals surface area (Å²) in [5, 5.41) is 2.90. The van der Waals surface area contributed by atoms with Crippen molar-refractivity contribution in [3.63, 3.8) is 0 Å². The van der Waals surface area contributed by atoms with E-state index in [1.165, 1.54) is 0 Å². The van der Waals surface area contributed by atoms with E-state index in [1.807, 2.05) is 18.2 Å². The second-order valence-corrected chi connectivity index (χ2v) is 5.70. The first-order valence-corrected chi connectivity index (χ1v) is 6.87. The van der Waals surface area contributed by atoms with Crippen molar-refractivity contribution in [2.75, 3.05) is 18.5 Å². The first-order chi connectivity index (χ1) is 7.66. The third-order valence-corrected chi connectivity index (χ3v) is 4.83. The average molecular weight is 396 g/mol. The molecule has 1 saturated heterocycles. The Kier molecular flexibility index (Phi) is 4.21. The molecule has 16 heavy (non-hydrogen) atoms. The highest BCUT2D eigenvalue weighted by Gasteiger charge is 2.23. The fourth-order valence-electron chi connectivity index (χ4n) is 1.56. The van der Waals surface area contributed by atoms with Gasteiger partial charge in [-0.3, -0.25) is 4.79 Å². The van der Waals surface area contributed by atoms with Crippen LogP contribution in [0.3, 0.4) is 0 Å². The minimum absolute atomic E-state index is 0.00180. The second kappa shape index (κ2) is 5.46. The molecule has 1 amide bonds. The molecule has 1 fully saturated rings. The van der Waals surface area contributed by atoms with Gasteiger partial charge in [0.15, 0.2) is 0 Å². The maximum atomic E-state index is 11.8. The minimum atomic E-state index is -0.00180. The van der Waals surface area contributed by atoms with Crippen LogP contribution in [0.5, 0.6) is 0 Å². The van der Waals surface area contributed by atoms with E-state index >= 15 is 0 Å². The van der Waals surface area contributed by atoms with Crippen molar-refractivity contribution in [2.24, 2.45) is 5.92 Å². The fourth-order valence-corrected chi connectivity index (χ4v) is 2.27. The van der Waals surface area contributed by atoms with Crippen LogP contribution in [0.1, 0.15) is 6.42 Å². The Labute approximate surface area is 116 Å². The molecule has 3 nitrogen and oxygen atoms in total. The van der Waals surface area contributed by atoms with Crippen LogP contribution in [0.4, 0.5) is 5.69 Å². The fraction of sp³-hybridized carbons (Fsp3) is 0.364. The third-order valence-electron chi connectivity index (χ3n) is 2.49. The topological polar surface area (TPSA) is 38.3 Å². The van der Waals surface area contributed by atoms with Crippen molar-refractivity contribution in [1.82, 2.24) is 0 Å². The molecule has 0 radical (unpaired) electrons. The van der Waals surface area contributed by atoms with Gasteiger partial charge in [0.25, 0.3) is 0 Å². The van der Waals surface area contributed by atoms with E-state index in [0.29, 0.717) is 13.2 Å². The largest absolute Gasteiger partial charge is 0.381 e. The van der Waals surface area contributed by atoms with Crippen molar-refractivity contribution < 1.29 is 9.53 Å². The summed E-state index contributed by atoms with van der Waals surface area (Å²) in [5.41, 5.74) is 0.823. The summed E-state index contributed by atoms with van der Waals surface area (Å²) in [5.74, 6) is 0.0451. The molecule has 0 aromatic heterocycles.